The van der Waals surface area contributed by atoms with Gasteiger partial charge in [-0.25, -0.2) is 0 Å². The van der Waals surface area contributed by atoms with Crippen LogP contribution >= 0.6 is 11.6 Å². The zero-order valence-electron chi connectivity index (χ0n) is 7.76. The summed E-state index contributed by atoms with van der Waals surface area (Å²) in [7, 11) is 0. The van der Waals surface area contributed by atoms with Gasteiger partial charge in [0.25, 0.3) is 0 Å². The van der Waals surface area contributed by atoms with E-state index in [0.717, 1.165) is 23.6 Å². The van der Waals surface area contributed by atoms with Crippen LogP contribution in [0.25, 0.3) is 0 Å². The molecule has 3 atom stereocenters. The number of hydrogen-bond acceptors (Lipinski definition) is 1. The van der Waals surface area contributed by atoms with Crippen molar-refractivity contribution in [1.82, 2.24) is 0 Å². The van der Waals surface area contributed by atoms with Gasteiger partial charge in [-0.3, -0.25) is 0 Å². The summed E-state index contributed by atoms with van der Waals surface area (Å²) in [6, 6.07) is 0. The third-order valence-electron chi connectivity index (χ3n) is 5.10. The summed E-state index contributed by atoms with van der Waals surface area (Å²) in [6.45, 7) is 0. The molecule has 4 bridgehead atoms. The lowest BCUT2D eigenvalue weighted by molar-refractivity contribution is 0.0383. The number of epoxide rings is 1. The predicted molar refractivity (Wildman–Crippen MR) is 50.8 cm³/mol. The smallest absolute Gasteiger partial charge is 0.114 e. The summed E-state index contributed by atoms with van der Waals surface area (Å²) < 4.78 is 6.10. The summed E-state index contributed by atoms with van der Waals surface area (Å²) in [5, 5.41) is 0. The van der Waals surface area contributed by atoms with Crippen LogP contribution < -0.4 is 0 Å². The minimum absolute atomic E-state index is 0.155. The molecule has 4 saturated carbocycles. The van der Waals surface area contributed by atoms with Crippen molar-refractivity contribution in [3.8, 4) is 0 Å². The van der Waals surface area contributed by atoms with Gasteiger partial charge >= 0.3 is 0 Å². The average Bonchev–Trinajstić information content (AvgIpc) is 2.73. The van der Waals surface area contributed by atoms with E-state index in [1.165, 1.54) is 32.1 Å². The average molecular weight is 199 g/mol. The fourth-order valence-corrected chi connectivity index (χ4v) is 5.28. The maximum atomic E-state index is 6.10. The number of hydrogen-bond donors (Lipinski definition) is 0. The molecule has 2 heteroatoms. The van der Waals surface area contributed by atoms with E-state index >= 15 is 0 Å². The largest absolute Gasteiger partial charge is 0.361 e. The molecule has 1 saturated heterocycles. The van der Waals surface area contributed by atoms with Crippen LogP contribution in [0, 0.1) is 17.8 Å². The topological polar surface area (TPSA) is 12.5 Å². The Hall–Kier alpha value is 0.250. The van der Waals surface area contributed by atoms with Gasteiger partial charge in [0.15, 0.2) is 0 Å². The molecule has 1 aliphatic heterocycles. The summed E-state index contributed by atoms with van der Waals surface area (Å²) in [4.78, 5) is 0. The highest BCUT2D eigenvalue weighted by atomic mass is 35.5. The molecule has 5 aliphatic rings. The summed E-state index contributed by atoms with van der Waals surface area (Å²) >= 11 is 6.10. The van der Waals surface area contributed by atoms with Crippen LogP contribution in [0.15, 0.2) is 0 Å². The fourth-order valence-electron chi connectivity index (χ4n) is 4.76. The SMILES string of the molecule is ClCC12OC13CC1CC(CC2C1)C3. The second-order valence-electron chi connectivity index (χ2n) is 5.66. The molecule has 5 rings (SSSR count). The lowest BCUT2D eigenvalue weighted by atomic mass is 9.52. The second kappa shape index (κ2) is 1.94. The lowest BCUT2D eigenvalue weighted by Crippen LogP contribution is -2.52. The first kappa shape index (κ1) is 7.53. The fraction of sp³-hybridized carbons (Fsp3) is 1.00. The minimum Gasteiger partial charge on any atom is -0.361 e. The number of ether oxygens (including phenoxy) is 1. The molecule has 0 aromatic carbocycles. The molecular weight excluding hydrogens is 184 g/mol. The Labute approximate surface area is 83.8 Å². The molecule has 1 heterocycles. The van der Waals surface area contributed by atoms with Crippen molar-refractivity contribution in [2.75, 3.05) is 5.88 Å². The molecular formula is C11H15ClO. The molecule has 72 valence electrons. The van der Waals surface area contributed by atoms with E-state index in [1.807, 2.05) is 0 Å². The molecule has 0 aromatic heterocycles. The summed E-state index contributed by atoms with van der Waals surface area (Å²) in [6.07, 6.45) is 6.95. The van der Waals surface area contributed by atoms with Gasteiger partial charge in [-0.1, -0.05) is 0 Å². The standard InChI is InChI=1S/C11H15ClO/c12-6-11-9-2-7-1-8(3-9)5-10(11,4-7)13-11/h7-9H,1-6H2. The first-order valence-corrected chi connectivity index (χ1v) is 6.08. The van der Waals surface area contributed by atoms with Crippen molar-refractivity contribution < 1.29 is 4.74 Å². The first-order chi connectivity index (χ1) is 6.28. The van der Waals surface area contributed by atoms with Crippen molar-refractivity contribution in [2.24, 2.45) is 17.8 Å². The van der Waals surface area contributed by atoms with Crippen molar-refractivity contribution in [2.45, 2.75) is 43.3 Å². The van der Waals surface area contributed by atoms with Gasteiger partial charge in [0.05, 0.1) is 5.88 Å². The molecule has 1 nitrogen and oxygen atoms in total. The molecule has 4 aliphatic carbocycles. The van der Waals surface area contributed by atoms with Crippen LogP contribution in [0.2, 0.25) is 0 Å². The van der Waals surface area contributed by atoms with Gasteiger partial charge < -0.3 is 4.74 Å². The predicted octanol–water partition coefficient (Wildman–Crippen LogP) is 2.57. The van der Waals surface area contributed by atoms with Crippen LogP contribution in [-0.4, -0.2) is 17.1 Å². The normalized spacial score (nSPS) is 66.7. The highest BCUT2D eigenvalue weighted by Gasteiger charge is 2.78. The van der Waals surface area contributed by atoms with Crippen LogP contribution in [-0.2, 0) is 4.74 Å². The Morgan fingerprint density at radius 2 is 1.85 bits per heavy atom. The van der Waals surface area contributed by atoms with Gasteiger partial charge in [0.2, 0.25) is 0 Å². The number of halogens is 1. The summed E-state index contributed by atoms with van der Waals surface area (Å²) in [5.74, 6) is 3.53. The van der Waals surface area contributed by atoms with E-state index in [-0.39, 0.29) is 11.2 Å². The van der Waals surface area contributed by atoms with Gasteiger partial charge in [0.1, 0.15) is 11.2 Å². The first-order valence-electron chi connectivity index (χ1n) is 5.54. The van der Waals surface area contributed by atoms with E-state index in [1.54, 1.807) is 0 Å². The highest BCUT2D eigenvalue weighted by molar-refractivity contribution is 6.19. The van der Waals surface area contributed by atoms with E-state index in [2.05, 4.69) is 0 Å². The third-order valence-corrected chi connectivity index (χ3v) is 5.50. The molecule has 0 amide bonds. The monoisotopic (exact) mass is 198 g/mol. The molecule has 0 aromatic rings. The van der Waals surface area contributed by atoms with Crippen molar-refractivity contribution in [3.05, 3.63) is 0 Å². The maximum Gasteiger partial charge on any atom is 0.114 e. The molecule has 1 spiro atoms. The number of rotatable bonds is 1. The Bertz CT molecular complexity index is 263. The van der Waals surface area contributed by atoms with E-state index in [9.17, 15) is 0 Å². The summed E-state index contributed by atoms with van der Waals surface area (Å²) in [5.41, 5.74) is 0.436. The van der Waals surface area contributed by atoms with Crippen LogP contribution in [0.5, 0.6) is 0 Å². The quantitative estimate of drug-likeness (QED) is 0.466. The van der Waals surface area contributed by atoms with E-state index in [0.29, 0.717) is 0 Å². The van der Waals surface area contributed by atoms with E-state index < -0.39 is 0 Å². The zero-order chi connectivity index (χ0) is 8.68. The van der Waals surface area contributed by atoms with Gasteiger partial charge in [-0.2, -0.15) is 0 Å². The Morgan fingerprint density at radius 3 is 2.38 bits per heavy atom. The molecule has 0 radical (unpaired) electrons. The molecule has 0 N–H and O–H groups in total. The minimum atomic E-state index is 0.155. The van der Waals surface area contributed by atoms with Gasteiger partial charge in [-0.15, -0.1) is 11.6 Å². The third kappa shape index (κ3) is 0.657. The van der Waals surface area contributed by atoms with Crippen molar-refractivity contribution in [1.29, 1.82) is 0 Å². The Morgan fingerprint density at radius 1 is 1.15 bits per heavy atom. The van der Waals surface area contributed by atoms with Crippen LogP contribution in [0.1, 0.15) is 32.1 Å². The van der Waals surface area contributed by atoms with E-state index in [4.69, 9.17) is 16.3 Å². The van der Waals surface area contributed by atoms with Crippen LogP contribution in [0.4, 0.5) is 0 Å². The Kier molecular flexibility index (Phi) is 1.13. The molecule has 13 heavy (non-hydrogen) atoms. The number of alkyl halides is 1. The van der Waals surface area contributed by atoms with Gasteiger partial charge in [0, 0.05) is 0 Å². The van der Waals surface area contributed by atoms with Crippen LogP contribution in [0.3, 0.4) is 0 Å². The highest BCUT2D eigenvalue weighted by Crippen LogP contribution is 2.72. The lowest BCUT2D eigenvalue weighted by Gasteiger charge is -2.49. The van der Waals surface area contributed by atoms with Crippen molar-refractivity contribution >= 4 is 11.6 Å². The van der Waals surface area contributed by atoms with Gasteiger partial charge in [-0.05, 0) is 49.9 Å². The molecule has 3 unspecified atom stereocenters. The maximum absolute atomic E-state index is 6.10. The van der Waals surface area contributed by atoms with Crippen molar-refractivity contribution in [3.63, 3.8) is 0 Å². The second-order valence-corrected chi connectivity index (χ2v) is 5.93. The molecule has 5 fully saturated rings. The zero-order valence-corrected chi connectivity index (χ0v) is 8.52. The Balaban J connectivity index is 1.81.